The normalized spacial score (nSPS) is 18.3. The maximum absolute atomic E-state index is 5.76. The smallest absolute Gasteiger partial charge is 0.0680 e. The molecule has 0 saturated heterocycles. The molecule has 1 aliphatic heterocycles. The Bertz CT molecular complexity index is 293. The minimum Gasteiger partial charge on any atom is -0.328 e. The van der Waals surface area contributed by atoms with Crippen molar-refractivity contribution in [1.29, 1.82) is 0 Å². The van der Waals surface area contributed by atoms with Gasteiger partial charge in [0.05, 0.1) is 5.69 Å². The number of thioether (sulfide) groups is 1. The molecule has 1 aromatic heterocycles. The maximum atomic E-state index is 5.76. The van der Waals surface area contributed by atoms with E-state index < -0.39 is 0 Å². The van der Waals surface area contributed by atoms with Crippen molar-refractivity contribution in [2.24, 2.45) is 5.73 Å². The number of hydrogen-bond donors (Lipinski definition) is 2. The molecule has 0 spiro atoms. The molecule has 1 aromatic rings. The second-order valence-corrected chi connectivity index (χ2v) is 4.72. The number of fused-ring (bicyclic) bond motifs is 1. The minimum atomic E-state index is 0.208. The van der Waals surface area contributed by atoms with Gasteiger partial charge in [-0.1, -0.05) is 0 Å². The van der Waals surface area contributed by atoms with Crippen LogP contribution in [0.3, 0.4) is 0 Å². The van der Waals surface area contributed by atoms with E-state index in [4.69, 9.17) is 5.73 Å². The summed E-state index contributed by atoms with van der Waals surface area (Å²) in [6.07, 6.45) is 2.03. The van der Waals surface area contributed by atoms with Gasteiger partial charge in [-0.2, -0.15) is 16.9 Å². The first-order chi connectivity index (χ1) is 6.27. The van der Waals surface area contributed by atoms with Crippen LogP contribution in [0.15, 0.2) is 0 Å². The average molecular weight is 197 g/mol. The molecule has 3 nitrogen and oxygen atoms in total. The van der Waals surface area contributed by atoms with E-state index in [1.807, 2.05) is 18.7 Å². The van der Waals surface area contributed by atoms with Crippen LogP contribution in [0.1, 0.15) is 23.9 Å². The van der Waals surface area contributed by atoms with E-state index in [0.29, 0.717) is 0 Å². The fourth-order valence-corrected chi connectivity index (χ4v) is 2.68. The molecule has 1 aliphatic rings. The number of aromatic amines is 1. The third-order valence-electron chi connectivity index (χ3n) is 2.30. The van der Waals surface area contributed by atoms with E-state index >= 15 is 0 Å². The Morgan fingerprint density at radius 3 is 3.31 bits per heavy atom. The number of nitrogens with zero attached hydrogens (tertiary/aromatic N) is 1. The lowest BCUT2D eigenvalue weighted by Gasteiger charge is -2.11. The molecule has 0 aliphatic carbocycles. The van der Waals surface area contributed by atoms with Crippen LogP contribution < -0.4 is 5.73 Å². The largest absolute Gasteiger partial charge is 0.328 e. The van der Waals surface area contributed by atoms with Crippen LogP contribution in [0.25, 0.3) is 0 Å². The van der Waals surface area contributed by atoms with Crippen molar-refractivity contribution in [3.8, 4) is 0 Å². The highest BCUT2D eigenvalue weighted by Crippen LogP contribution is 2.25. The molecule has 72 valence electrons. The topological polar surface area (TPSA) is 54.7 Å². The molecule has 0 saturated carbocycles. The predicted octanol–water partition coefficient (Wildman–Crippen LogP) is 1.09. The summed E-state index contributed by atoms with van der Waals surface area (Å²) in [6, 6.07) is 0.208. The Labute approximate surface area is 82.5 Å². The average Bonchev–Trinajstić information content (AvgIpc) is 2.48. The fraction of sp³-hybridized carbons (Fsp3) is 0.667. The molecule has 0 radical (unpaired) electrons. The molecule has 0 fully saturated rings. The van der Waals surface area contributed by atoms with Crippen LogP contribution in [-0.2, 0) is 18.6 Å². The van der Waals surface area contributed by atoms with Gasteiger partial charge in [0.15, 0.2) is 0 Å². The van der Waals surface area contributed by atoms with Crippen LogP contribution in [0.5, 0.6) is 0 Å². The van der Waals surface area contributed by atoms with Gasteiger partial charge < -0.3 is 5.73 Å². The zero-order chi connectivity index (χ0) is 9.26. The van der Waals surface area contributed by atoms with Crippen LogP contribution in [0, 0.1) is 0 Å². The zero-order valence-electron chi connectivity index (χ0n) is 7.84. The van der Waals surface area contributed by atoms with Crippen molar-refractivity contribution in [2.45, 2.75) is 31.6 Å². The van der Waals surface area contributed by atoms with Gasteiger partial charge in [0.25, 0.3) is 0 Å². The zero-order valence-corrected chi connectivity index (χ0v) is 8.66. The summed E-state index contributed by atoms with van der Waals surface area (Å²) >= 11 is 1.98. The number of rotatable bonds is 2. The SMILES string of the molecule is CC(N)Cc1n[nH]c2c1CSCC2. The van der Waals surface area contributed by atoms with Gasteiger partial charge in [0.2, 0.25) is 0 Å². The van der Waals surface area contributed by atoms with Crippen molar-refractivity contribution in [1.82, 2.24) is 10.2 Å². The number of H-pyrrole nitrogens is 1. The van der Waals surface area contributed by atoms with Gasteiger partial charge in [-0.15, -0.1) is 0 Å². The summed E-state index contributed by atoms with van der Waals surface area (Å²) in [6.45, 7) is 2.02. The highest BCUT2D eigenvalue weighted by molar-refractivity contribution is 7.98. The van der Waals surface area contributed by atoms with E-state index in [1.165, 1.54) is 22.7 Å². The van der Waals surface area contributed by atoms with E-state index in [-0.39, 0.29) is 6.04 Å². The first-order valence-corrected chi connectivity index (χ1v) is 5.81. The molecule has 0 bridgehead atoms. The van der Waals surface area contributed by atoms with E-state index in [9.17, 15) is 0 Å². The third-order valence-corrected chi connectivity index (χ3v) is 3.28. The summed E-state index contributed by atoms with van der Waals surface area (Å²) < 4.78 is 0. The number of nitrogens with one attached hydrogen (secondary N) is 1. The Hall–Kier alpha value is -0.480. The van der Waals surface area contributed by atoms with Crippen LogP contribution in [0.2, 0.25) is 0 Å². The van der Waals surface area contributed by atoms with Crippen molar-refractivity contribution in [3.05, 3.63) is 17.0 Å². The molecular weight excluding hydrogens is 182 g/mol. The Morgan fingerprint density at radius 2 is 2.54 bits per heavy atom. The highest BCUT2D eigenvalue weighted by atomic mass is 32.2. The molecule has 2 heterocycles. The predicted molar refractivity (Wildman–Crippen MR) is 55.8 cm³/mol. The number of aromatic nitrogens is 2. The molecule has 0 aromatic carbocycles. The van der Waals surface area contributed by atoms with Gasteiger partial charge >= 0.3 is 0 Å². The number of aryl methyl sites for hydroxylation is 1. The molecule has 0 amide bonds. The van der Waals surface area contributed by atoms with Gasteiger partial charge in [-0.25, -0.2) is 0 Å². The molecule has 1 atom stereocenters. The first kappa shape index (κ1) is 9.09. The maximum Gasteiger partial charge on any atom is 0.0680 e. The molecule has 2 rings (SSSR count). The van der Waals surface area contributed by atoms with Gasteiger partial charge in [0, 0.05) is 29.5 Å². The van der Waals surface area contributed by atoms with E-state index in [1.54, 1.807) is 0 Å². The van der Waals surface area contributed by atoms with Crippen molar-refractivity contribution < 1.29 is 0 Å². The second-order valence-electron chi connectivity index (χ2n) is 3.61. The summed E-state index contributed by atoms with van der Waals surface area (Å²) in [5, 5.41) is 7.43. The second kappa shape index (κ2) is 3.72. The van der Waals surface area contributed by atoms with Crippen molar-refractivity contribution >= 4 is 11.8 Å². The molecular formula is C9H15N3S. The van der Waals surface area contributed by atoms with Gasteiger partial charge in [-0.05, 0) is 19.1 Å². The van der Waals surface area contributed by atoms with Crippen LogP contribution in [-0.4, -0.2) is 22.0 Å². The summed E-state index contributed by atoms with van der Waals surface area (Å²) in [4.78, 5) is 0. The summed E-state index contributed by atoms with van der Waals surface area (Å²) in [5.41, 5.74) is 9.67. The van der Waals surface area contributed by atoms with Crippen LogP contribution in [0.4, 0.5) is 0 Å². The van der Waals surface area contributed by atoms with E-state index in [2.05, 4.69) is 10.2 Å². The standard InChI is InChI=1S/C9H15N3S/c1-6(10)4-9-7-5-13-3-2-8(7)11-12-9/h6H,2-5,10H2,1H3,(H,11,12). The number of nitrogens with two attached hydrogens (primary N) is 1. The highest BCUT2D eigenvalue weighted by Gasteiger charge is 2.17. The molecule has 4 heteroatoms. The Morgan fingerprint density at radius 1 is 1.69 bits per heavy atom. The fourth-order valence-electron chi connectivity index (χ4n) is 1.64. The Kier molecular flexibility index (Phi) is 2.60. The Balaban J connectivity index is 2.21. The quantitative estimate of drug-likeness (QED) is 0.746. The van der Waals surface area contributed by atoms with Crippen molar-refractivity contribution in [3.63, 3.8) is 0 Å². The van der Waals surface area contributed by atoms with Gasteiger partial charge in [0.1, 0.15) is 0 Å². The monoisotopic (exact) mass is 197 g/mol. The third kappa shape index (κ3) is 1.89. The van der Waals surface area contributed by atoms with E-state index in [0.717, 1.165) is 18.6 Å². The lowest BCUT2D eigenvalue weighted by Crippen LogP contribution is -2.19. The molecule has 1 unspecified atom stereocenters. The van der Waals surface area contributed by atoms with Gasteiger partial charge in [-0.3, -0.25) is 5.10 Å². The summed E-state index contributed by atoms with van der Waals surface area (Å²) in [7, 11) is 0. The van der Waals surface area contributed by atoms with Crippen LogP contribution >= 0.6 is 11.8 Å². The molecule has 3 N–H and O–H groups in total. The lowest BCUT2D eigenvalue weighted by atomic mass is 10.1. The van der Waals surface area contributed by atoms with Crippen molar-refractivity contribution in [2.75, 3.05) is 5.75 Å². The lowest BCUT2D eigenvalue weighted by molar-refractivity contribution is 0.715. The number of hydrogen-bond acceptors (Lipinski definition) is 3. The summed E-state index contributed by atoms with van der Waals surface area (Å²) in [5.74, 6) is 2.32. The first-order valence-electron chi connectivity index (χ1n) is 4.65. The molecule has 13 heavy (non-hydrogen) atoms. The minimum absolute atomic E-state index is 0.208.